The maximum Gasteiger partial charge on any atom is 0.406 e. The topological polar surface area (TPSA) is 20.3 Å². The van der Waals surface area contributed by atoms with Crippen LogP contribution in [0.1, 0.15) is 14.5 Å². The van der Waals surface area contributed by atoms with E-state index in [0.717, 1.165) is 9.78 Å². The molecule has 0 radical (unpaired) electrons. The van der Waals surface area contributed by atoms with Gasteiger partial charge in [-0.25, -0.2) is 0 Å². The van der Waals surface area contributed by atoms with Crippen LogP contribution >= 0.6 is 22.9 Å². The Kier molecular flexibility index (Phi) is 4.82. The highest BCUT2D eigenvalue weighted by molar-refractivity contribution is 7.13. The summed E-state index contributed by atoms with van der Waals surface area (Å²) in [5, 5.41) is 0. The van der Waals surface area contributed by atoms with E-state index in [-0.39, 0.29) is 12.4 Å². The summed E-state index contributed by atoms with van der Waals surface area (Å²) in [4.78, 5) is 13.7. The van der Waals surface area contributed by atoms with Crippen molar-refractivity contribution in [1.82, 2.24) is 4.90 Å². The summed E-state index contributed by atoms with van der Waals surface area (Å²) in [5.41, 5.74) is 0. The number of amides is 1. The molecule has 0 aliphatic rings. The van der Waals surface area contributed by atoms with E-state index >= 15 is 0 Å². The minimum Gasteiger partial charge on any atom is -0.328 e. The van der Waals surface area contributed by atoms with E-state index < -0.39 is 18.6 Å². The molecule has 0 saturated heterocycles. The summed E-state index contributed by atoms with van der Waals surface area (Å²) in [6.07, 6.45) is -4.41. The molecule has 1 aromatic heterocycles. The van der Waals surface area contributed by atoms with Crippen molar-refractivity contribution in [2.45, 2.75) is 13.1 Å². The number of hydrogen-bond donors (Lipinski definition) is 0. The Morgan fingerprint density at radius 3 is 2.53 bits per heavy atom. The van der Waals surface area contributed by atoms with E-state index in [1.807, 2.05) is 0 Å². The smallest absolute Gasteiger partial charge is 0.328 e. The Morgan fingerprint density at radius 1 is 1.47 bits per heavy atom. The molecule has 0 unspecified atom stereocenters. The Labute approximate surface area is 106 Å². The van der Waals surface area contributed by atoms with Crippen LogP contribution < -0.4 is 0 Å². The first-order valence-corrected chi connectivity index (χ1v) is 6.17. The summed E-state index contributed by atoms with van der Waals surface area (Å²) in [5.74, 6) is -0.646. The third-order valence-electron chi connectivity index (χ3n) is 1.96. The molecule has 1 aromatic rings. The van der Waals surface area contributed by atoms with Gasteiger partial charge in [0.05, 0.1) is 4.88 Å². The normalized spacial score (nSPS) is 11.6. The monoisotopic (exact) mass is 285 g/mol. The molecule has 0 aromatic carbocycles. The molecule has 0 N–H and O–H groups in total. The van der Waals surface area contributed by atoms with Crippen molar-refractivity contribution in [2.75, 3.05) is 19.0 Å². The number of carbonyl (C=O) groups is 1. The maximum absolute atomic E-state index is 12.3. The van der Waals surface area contributed by atoms with Crippen molar-refractivity contribution in [2.24, 2.45) is 0 Å². The highest BCUT2D eigenvalue weighted by Crippen LogP contribution is 2.21. The molecule has 0 aliphatic carbocycles. The van der Waals surface area contributed by atoms with Gasteiger partial charge < -0.3 is 4.90 Å². The predicted octanol–water partition coefficient (Wildman–Crippen LogP) is 3.30. The van der Waals surface area contributed by atoms with Gasteiger partial charge in [0.25, 0.3) is 5.91 Å². The van der Waals surface area contributed by atoms with Gasteiger partial charge in [0.2, 0.25) is 0 Å². The minimum absolute atomic E-state index is 0.0216. The Hall–Kier alpha value is -0.750. The molecular formula is C10H11ClF3NOS. The zero-order chi connectivity index (χ0) is 13.1. The van der Waals surface area contributed by atoms with Crippen LogP contribution in [0.3, 0.4) is 0 Å². The molecule has 96 valence electrons. The van der Waals surface area contributed by atoms with Crippen LogP contribution in [0, 0.1) is 6.92 Å². The van der Waals surface area contributed by atoms with Gasteiger partial charge in [-0.2, -0.15) is 13.2 Å². The van der Waals surface area contributed by atoms with Gasteiger partial charge in [-0.15, -0.1) is 22.9 Å². The lowest BCUT2D eigenvalue weighted by Gasteiger charge is -2.22. The number of alkyl halides is 4. The first-order chi connectivity index (χ1) is 7.83. The van der Waals surface area contributed by atoms with Crippen LogP contribution in [-0.4, -0.2) is 36.0 Å². The molecule has 17 heavy (non-hydrogen) atoms. The molecule has 0 fully saturated rings. The molecule has 0 spiro atoms. The minimum atomic E-state index is -4.41. The van der Waals surface area contributed by atoms with Crippen molar-refractivity contribution in [3.63, 3.8) is 0 Å². The summed E-state index contributed by atoms with van der Waals surface area (Å²) >= 11 is 6.58. The first kappa shape index (κ1) is 14.3. The molecule has 2 nitrogen and oxygen atoms in total. The van der Waals surface area contributed by atoms with Crippen LogP contribution in [-0.2, 0) is 0 Å². The van der Waals surface area contributed by atoms with Crippen LogP contribution in [0.4, 0.5) is 13.2 Å². The molecule has 0 saturated carbocycles. The van der Waals surface area contributed by atoms with E-state index in [1.165, 1.54) is 17.4 Å². The predicted molar refractivity (Wildman–Crippen MR) is 61.7 cm³/mol. The SMILES string of the molecule is Cc1ccc(C(=O)N(CCCl)CC(F)(F)F)s1. The van der Waals surface area contributed by atoms with Gasteiger partial charge >= 0.3 is 6.18 Å². The summed E-state index contributed by atoms with van der Waals surface area (Å²) in [6, 6.07) is 3.23. The van der Waals surface area contributed by atoms with E-state index in [2.05, 4.69) is 0 Å². The quantitative estimate of drug-likeness (QED) is 0.777. The van der Waals surface area contributed by atoms with Crippen LogP contribution in [0.2, 0.25) is 0 Å². The standard InChI is InChI=1S/C10H11ClF3NOS/c1-7-2-3-8(17-7)9(16)15(5-4-11)6-10(12,13)14/h2-3H,4-6H2,1H3. The van der Waals surface area contributed by atoms with Crippen LogP contribution in [0.5, 0.6) is 0 Å². The fourth-order valence-electron chi connectivity index (χ4n) is 1.28. The number of nitrogens with zero attached hydrogens (tertiary/aromatic N) is 1. The van der Waals surface area contributed by atoms with Crippen molar-refractivity contribution < 1.29 is 18.0 Å². The highest BCUT2D eigenvalue weighted by atomic mass is 35.5. The summed E-state index contributed by atoms with van der Waals surface area (Å²) in [7, 11) is 0. The first-order valence-electron chi connectivity index (χ1n) is 4.82. The van der Waals surface area contributed by atoms with Gasteiger partial charge in [0.1, 0.15) is 6.54 Å². The highest BCUT2D eigenvalue weighted by Gasteiger charge is 2.33. The lowest BCUT2D eigenvalue weighted by molar-refractivity contribution is -0.140. The second-order valence-corrected chi connectivity index (χ2v) is 5.11. The molecule has 1 heterocycles. The van der Waals surface area contributed by atoms with Crippen molar-refractivity contribution >= 4 is 28.8 Å². The van der Waals surface area contributed by atoms with Gasteiger partial charge in [0.15, 0.2) is 0 Å². The third-order valence-corrected chi connectivity index (χ3v) is 3.12. The second-order valence-electron chi connectivity index (χ2n) is 3.44. The number of carbonyl (C=O) groups excluding carboxylic acids is 1. The molecule has 0 aliphatic heterocycles. The number of rotatable bonds is 4. The summed E-state index contributed by atoms with van der Waals surface area (Å²) < 4.78 is 36.8. The number of aryl methyl sites for hydroxylation is 1. The fraction of sp³-hybridized carbons (Fsp3) is 0.500. The molecule has 1 amide bonds. The number of halogens is 4. The zero-order valence-corrected chi connectivity index (χ0v) is 10.6. The van der Waals surface area contributed by atoms with Gasteiger partial charge in [0, 0.05) is 17.3 Å². The van der Waals surface area contributed by atoms with Gasteiger partial charge in [-0.3, -0.25) is 4.79 Å². The van der Waals surface area contributed by atoms with E-state index in [1.54, 1.807) is 13.0 Å². The Balaban J connectivity index is 2.80. The average Bonchev–Trinajstić information content (AvgIpc) is 2.61. The fourth-order valence-corrected chi connectivity index (χ4v) is 2.32. The molecule has 0 bridgehead atoms. The number of hydrogen-bond acceptors (Lipinski definition) is 2. The van der Waals surface area contributed by atoms with Crippen LogP contribution in [0.15, 0.2) is 12.1 Å². The Morgan fingerprint density at radius 2 is 2.12 bits per heavy atom. The second kappa shape index (κ2) is 5.73. The third kappa shape index (κ3) is 4.55. The molecular weight excluding hydrogens is 275 g/mol. The van der Waals surface area contributed by atoms with Crippen LogP contribution in [0.25, 0.3) is 0 Å². The van der Waals surface area contributed by atoms with E-state index in [4.69, 9.17) is 11.6 Å². The number of thiophene rings is 1. The van der Waals surface area contributed by atoms with Gasteiger partial charge in [-0.1, -0.05) is 0 Å². The molecule has 7 heteroatoms. The summed E-state index contributed by atoms with van der Waals surface area (Å²) in [6.45, 7) is 0.406. The largest absolute Gasteiger partial charge is 0.406 e. The van der Waals surface area contributed by atoms with Crippen molar-refractivity contribution in [1.29, 1.82) is 0 Å². The van der Waals surface area contributed by atoms with E-state index in [0.29, 0.717) is 4.88 Å². The van der Waals surface area contributed by atoms with Gasteiger partial charge in [-0.05, 0) is 19.1 Å². The molecule has 1 rings (SSSR count). The van der Waals surface area contributed by atoms with Crippen molar-refractivity contribution in [3.05, 3.63) is 21.9 Å². The lowest BCUT2D eigenvalue weighted by atomic mass is 10.3. The van der Waals surface area contributed by atoms with Crippen molar-refractivity contribution in [3.8, 4) is 0 Å². The average molecular weight is 286 g/mol. The lowest BCUT2D eigenvalue weighted by Crippen LogP contribution is -2.39. The van der Waals surface area contributed by atoms with E-state index in [9.17, 15) is 18.0 Å². The maximum atomic E-state index is 12.3. The molecule has 0 atom stereocenters. The zero-order valence-electron chi connectivity index (χ0n) is 9.05. The Bertz CT molecular complexity index is 391.